The van der Waals surface area contributed by atoms with E-state index in [4.69, 9.17) is 19.6 Å². The number of methoxy groups -OCH3 is 1. The molecule has 0 spiro atoms. The number of nitrogens with one attached hydrogen (secondary N) is 1. The second-order valence-electron chi connectivity index (χ2n) is 9.78. The zero-order valence-electron chi connectivity index (χ0n) is 21.9. The van der Waals surface area contributed by atoms with Crippen molar-refractivity contribution < 1.29 is 23.8 Å². The van der Waals surface area contributed by atoms with Crippen molar-refractivity contribution in [2.24, 2.45) is 5.92 Å². The van der Waals surface area contributed by atoms with Crippen molar-refractivity contribution in [3.63, 3.8) is 0 Å². The zero-order valence-corrected chi connectivity index (χ0v) is 21.9. The lowest BCUT2D eigenvalue weighted by Crippen LogP contribution is -2.45. The third-order valence-electron chi connectivity index (χ3n) is 6.98. The van der Waals surface area contributed by atoms with E-state index in [9.17, 15) is 9.59 Å². The molecule has 2 aromatic heterocycles. The smallest absolute Gasteiger partial charge is 0.406 e. The molecular weight excluding hydrogens is 462 g/mol. The molecular formula is C26H39N5O5. The van der Waals surface area contributed by atoms with Crippen molar-refractivity contribution in [1.82, 2.24) is 25.0 Å². The van der Waals surface area contributed by atoms with Gasteiger partial charge < -0.3 is 24.4 Å². The minimum Gasteiger partial charge on any atom is -0.453 e. The van der Waals surface area contributed by atoms with Crippen LogP contribution < -0.4 is 5.32 Å². The van der Waals surface area contributed by atoms with Crippen LogP contribution in [0.2, 0.25) is 0 Å². The van der Waals surface area contributed by atoms with Crippen molar-refractivity contribution in [2.75, 3.05) is 33.5 Å². The van der Waals surface area contributed by atoms with Crippen molar-refractivity contribution >= 4 is 23.0 Å². The van der Waals surface area contributed by atoms with Gasteiger partial charge in [0.15, 0.2) is 5.65 Å². The number of hydrogen-bond donors (Lipinski definition) is 1. The molecule has 1 aliphatic heterocycles. The summed E-state index contributed by atoms with van der Waals surface area (Å²) in [5.74, 6) is 0.410. The molecule has 2 aromatic rings. The first-order chi connectivity index (χ1) is 17.4. The monoisotopic (exact) mass is 501 g/mol. The Hall–Kier alpha value is -2.72. The highest BCUT2D eigenvalue weighted by molar-refractivity contribution is 5.84. The highest BCUT2D eigenvalue weighted by Gasteiger charge is 2.41. The Morgan fingerprint density at radius 3 is 2.75 bits per heavy atom. The van der Waals surface area contributed by atoms with Gasteiger partial charge in [-0.15, -0.1) is 0 Å². The van der Waals surface area contributed by atoms with E-state index >= 15 is 0 Å². The van der Waals surface area contributed by atoms with Crippen LogP contribution in [0.4, 0.5) is 4.79 Å². The quantitative estimate of drug-likeness (QED) is 0.470. The molecule has 0 bridgehead atoms. The molecule has 198 valence electrons. The number of pyridine rings is 1. The topological polar surface area (TPSA) is 108 Å². The van der Waals surface area contributed by atoms with Crippen molar-refractivity contribution in [3.8, 4) is 0 Å². The van der Waals surface area contributed by atoms with E-state index in [-0.39, 0.29) is 18.0 Å². The van der Waals surface area contributed by atoms with Crippen LogP contribution in [0.1, 0.15) is 63.4 Å². The van der Waals surface area contributed by atoms with Gasteiger partial charge in [-0.1, -0.05) is 0 Å². The number of ether oxygens (including phenoxy) is 3. The molecule has 36 heavy (non-hydrogen) atoms. The largest absolute Gasteiger partial charge is 0.453 e. The lowest BCUT2D eigenvalue weighted by atomic mass is 9.98. The van der Waals surface area contributed by atoms with E-state index in [1.807, 2.05) is 35.6 Å². The molecule has 4 rings (SSSR count). The zero-order chi connectivity index (χ0) is 25.7. The highest BCUT2D eigenvalue weighted by atomic mass is 16.5. The van der Waals surface area contributed by atoms with Gasteiger partial charge in [0.05, 0.1) is 32.1 Å². The Morgan fingerprint density at radius 2 is 2.08 bits per heavy atom. The fraction of sp³-hybridized carbons (Fsp3) is 0.692. The van der Waals surface area contributed by atoms with Gasteiger partial charge in [0.1, 0.15) is 6.10 Å². The number of hydrogen-bond acceptors (Lipinski definition) is 7. The van der Waals surface area contributed by atoms with Gasteiger partial charge in [-0.3, -0.25) is 4.79 Å². The normalized spacial score (nSPS) is 20.8. The number of aromatic nitrogens is 3. The molecule has 10 nitrogen and oxygen atoms in total. The van der Waals surface area contributed by atoms with E-state index < -0.39 is 12.2 Å². The van der Waals surface area contributed by atoms with Crippen LogP contribution in [-0.2, 0) is 25.5 Å². The summed E-state index contributed by atoms with van der Waals surface area (Å²) in [6.07, 6.45) is 3.48. The first kappa shape index (κ1) is 26.3. The molecule has 2 amide bonds. The van der Waals surface area contributed by atoms with Crippen LogP contribution in [0.25, 0.3) is 11.0 Å². The van der Waals surface area contributed by atoms with Crippen molar-refractivity contribution in [1.29, 1.82) is 0 Å². The molecule has 10 heteroatoms. The van der Waals surface area contributed by atoms with Crippen LogP contribution in [0.15, 0.2) is 12.1 Å². The van der Waals surface area contributed by atoms with Crippen LogP contribution in [0, 0.1) is 12.8 Å². The molecule has 0 radical (unpaired) electrons. The van der Waals surface area contributed by atoms with Crippen LogP contribution in [0.5, 0.6) is 0 Å². The fourth-order valence-electron chi connectivity index (χ4n) is 4.88. The Bertz CT molecular complexity index is 1040. The average Bonchev–Trinajstić information content (AvgIpc) is 3.66. The molecule has 0 aromatic carbocycles. The summed E-state index contributed by atoms with van der Waals surface area (Å²) in [5, 5.41) is 8.58. The lowest BCUT2D eigenvalue weighted by molar-refractivity contribution is -0.152. The number of amides is 2. The van der Waals surface area contributed by atoms with Gasteiger partial charge in [-0.05, 0) is 65.0 Å². The van der Waals surface area contributed by atoms with Gasteiger partial charge in [0.2, 0.25) is 0 Å². The number of fused-ring (bicyclic) bond motifs is 1. The minimum atomic E-state index is -0.448. The summed E-state index contributed by atoms with van der Waals surface area (Å²) in [6, 6.07) is 4.05. The number of carbonyl (C=O) groups is 2. The maximum Gasteiger partial charge on any atom is 0.406 e. The first-order valence-electron chi connectivity index (χ1n) is 13.1. The summed E-state index contributed by atoms with van der Waals surface area (Å²) < 4.78 is 18.1. The minimum absolute atomic E-state index is 0.0601. The van der Waals surface area contributed by atoms with E-state index in [0.29, 0.717) is 45.2 Å². The van der Waals surface area contributed by atoms with E-state index in [1.165, 1.54) is 7.11 Å². The fourth-order valence-corrected chi connectivity index (χ4v) is 4.88. The maximum atomic E-state index is 13.7. The van der Waals surface area contributed by atoms with Crippen LogP contribution >= 0.6 is 0 Å². The Kier molecular flexibility index (Phi) is 8.79. The van der Waals surface area contributed by atoms with Crippen LogP contribution in [-0.4, -0.2) is 77.3 Å². The second kappa shape index (κ2) is 12.0. The summed E-state index contributed by atoms with van der Waals surface area (Å²) in [7, 11) is 1.35. The summed E-state index contributed by atoms with van der Waals surface area (Å²) in [5.41, 5.74) is 2.55. The predicted molar refractivity (Wildman–Crippen MR) is 135 cm³/mol. The van der Waals surface area contributed by atoms with Crippen LogP contribution in [0.3, 0.4) is 0 Å². The molecule has 3 heterocycles. The van der Waals surface area contributed by atoms with E-state index in [2.05, 4.69) is 17.0 Å². The lowest BCUT2D eigenvalue weighted by Gasteiger charge is -2.35. The first-order valence-corrected chi connectivity index (χ1v) is 13.1. The Balaban J connectivity index is 1.50. The molecule has 0 unspecified atom stereocenters. The Labute approximate surface area is 212 Å². The molecule has 1 saturated heterocycles. The van der Waals surface area contributed by atoms with Gasteiger partial charge in [0, 0.05) is 42.7 Å². The molecule has 2 fully saturated rings. The third-order valence-corrected chi connectivity index (χ3v) is 6.98. The molecule has 3 atom stereocenters. The van der Waals surface area contributed by atoms with Gasteiger partial charge in [-0.25, -0.2) is 14.5 Å². The molecule has 2 aliphatic rings. The van der Waals surface area contributed by atoms with Gasteiger partial charge in [0.25, 0.3) is 5.91 Å². The number of rotatable bonds is 11. The van der Waals surface area contributed by atoms with E-state index in [0.717, 1.165) is 48.1 Å². The van der Waals surface area contributed by atoms with Gasteiger partial charge in [-0.2, -0.15) is 5.10 Å². The summed E-state index contributed by atoms with van der Waals surface area (Å²) in [4.78, 5) is 31.8. The number of nitrogens with zero attached hydrogens (tertiary/aromatic N) is 4. The summed E-state index contributed by atoms with van der Waals surface area (Å²) >= 11 is 0. The van der Waals surface area contributed by atoms with Crippen molar-refractivity contribution in [2.45, 2.75) is 77.6 Å². The molecule has 1 aliphatic carbocycles. The number of aryl methyl sites for hydroxylation is 2. The second-order valence-corrected chi connectivity index (χ2v) is 9.78. The average molecular weight is 502 g/mol. The predicted octanol–water partition coefficient (Wildman–Crippen LogP) is 3.37. The Morgan fingerprint density at radius 1 is 1.28 bits per heavy atom. The number of carbonyl (C=O) groups excluding carboxylic acids is 2. The van der Waals surface area contributed by atoms with Gasteiger partial charge >= 0.3 is 6.09 Å². The molecule has 1 N–H and O–H groups in total. The maximum absolute atomic E-state index is 13.7. The summed E-state index contributed by atoms with van der Waals surface area (Å²) in [6.45, 7) is 9.01. The number of alkyl carbamates (subject to hydrolysis) is 1. The molecule has 1 saturated carbocycles. The van der Waals surface area contributed by atoms with E-state index in [1.54, 1.807) is 0 Å². The highest BCUT2D eigenvalue weighted by Crippen LogP contribution is 2.38. The SMILES string of the molecule is CCOC[C@@H]1CC[C@H](C(=O)N(C2CC2)[C@H](C)c2nn(CCCNC(=O)OC)c3nc(C)ccc23)OC1. The van der Waals surface area contributed by atoms with Crippen molar-refractivity contribution in [3.05, 3.63) is 23.5 Å². The standard InChI is InChI=1S/C26H39N5O5/c1-5-35-15-19-8-12-22(36-16-19)25(32)31(20-9-10-20)18(3)23-21-11-7-17(2)28-24(21)30(29-23)14-6-13-27-26(33)34-4/h7,11,18-20,22H,5-6,8-10,12-16H2,1-4H3,(H,27,33)/t18-,19+,22-/m1/s1. The third kappa shape index (κ3) is 6.15.